The fourth-order valence-corrected chi connectivity index (χ4v) is 2.78. The molecule has 0 spiro atoms. The standard InChI is InChI=1S/C16H21N5O2/c1-10(15-18-11(2)20-23-15)17-16(22)19-13-6-7-14-12(9-13)5-4-8-21(14)3/h6-7,9-10H,4-5,8H2,1-3H3,(H2,17,19,22)/t10-/m1/s1. The third-order valence-corrected chi connectivity index (χ3v) is 3.95. The van der Waals surface area contributed by atoms with Gasteiger partial charge in [0, 0.05) is 25.0 Å². The SMILES string of the molecule is Cc1noc([C@@H](C)NC(=O)Nc2ccc3c(c2)CCCN3C)n1. The van der Waals surface area contributed by atoms with E-state index in [9.17, 15) is 4.79 Å². The molecule has 1 aliphatic rings. The zero-order valence-electron chi connectivity index (χ0n) is 13.6. The molecule has 0 aliphatic carbocycles. The van der Waals surface area contributed by atoms with Gasteiger partial charge in [0.05, 0.1) is 0 Å². The molecule has 7 heteroatoms. The van der Waals surface area contributed by atoms with E-state index >= 15 is 0 Å². The highest BCUT2D eigenvalue weighted by Crippen LogP contribution is 2.28. The normalized spacial score (nSPS) is 15.0. The van der Waals surface area contributed by atoms with Crippen molar-refractivity contribution in [3.63, 3.8) is 0 Å². The van der Waals surface area contributed by atoms with Gasteiger partial charge in [-0.25, -0.2) is 4.79 Å². The Bertz CT molecular complexity index is 712. The lowest BCUT2D eigenvalue weighted by molar-refractivity contribution is 0.245. The van der Waals surface area contributed by atoms with E-state index in [1.165, 1.54) is 11.3 Å². The van der Waals surface area contributed by atoms with Crippen LogP contribution in [0.3, 0.4) is 0 Å². The Morgan fingerprint density at radius 3 is 3.00 bits per heavy atom. The summed E-state index contributed by atoms with van der Waals surface area (Å²) in [5.74, 6) is 0.942. The van der Waals surface area contributed by atoms with E-state index in [-0.39, 0.29) is 12.1 Å². The molecule has 0 saturated carbocycles. The molecule has 2 amide bonds. The predicted molar refractivity (Wildman–Crippen MR) is 87.6 cm³/mol. The lowest BCUT2D eigenvalue weighted by atomic mass is 10.0. The fourth-order valence-electron chi connectivity index (χ4n) is 2.78. The van der Waals surface area contributed by atoms with Crippen molar-refractivity contribution in [3.05, 3.63) is 35.5 Å². The molecule has 23 heavy (non-hydrogen) atoms. The van der Waals surface area contributed by atoms with Crippen LogP contribution in [-0.4, -0.2) is 29.8 Å². The van der Waals surface area contributed by atoms with E-state index in [1.807, 2.05) is 12.1 Å². The number of nitrogens with one attached hydrogen (secondary N) is 2. The molecule has 1 aliphatic heterocycles. The highest BCUT2D eigenvalue weighted by molar-refractivity contribution is 5.90. The first kappa shape index (κ1) is 15.3. The number of hydrogen-bond acceptors (Lipinski definition) is 5. The third-order valence-electron chi connectivity index (χ3n) is 3.95. The van der Waals surface area contributed by atoms with Crippen molar-refractivity contribution in [2.24, 2.45) is 0 Å². The lowest BCUT2D eigenvalue weighted by Crippen LogP contribution is -2.31. The van der Waals surface area contributed by atoms with Crippen LogP contribution in [0.5, 0.6) is 0 Å². The van der Waals surface area contributed by atoms with Crippen LogP contribution in [-0.2, 0) is 6.42 Å². The Labute approximate surface area is 135 Å². The first-order valence-corrected chi connectivity index (χ1v) is 7.74. The van der Waals surface area contributed by atoms with E-state index < -0.39 is 0 Å². The van der Waals surface area contributed by atoms with Gasteiger partial charge in [-0.1, -0.05) is 5.16 Å². The van der Waals surface area contributed by atoms with Crippen LogP contribution in [0.2, 0.25) is 0 Å². The second-order valence-electron chi connectivity index (χ2n) is 5.87. The molecule has 2 N–H and O–H groups in total. The maximum absolute atomic E-state index is 12.1. The third kappa shape index (κ3) is 3.44. The van der Waals surface area contributed by atoms with E-state index in [4.69, 9.17) is 4.52 Å². The van der Waals surface area contributed by atoms with Gasteiger partial charge >= 0.3 is 6.03 Å². The summed E-state index contributed by atoms with van der Waals surface area (Å²) in [4.78, 5) is 18.5. The summed E-state index contributed by atoms with van der Waals surface area (Å²) in [5, 5.41) is 9.37. The van der Waals surface area contributed by atoms with Crippen molar-refractivity contribution in [2.45, 2.75) is 32.7 Å². The molecule has 1 aromatic heterocycles. The minimum atomic E-state index is -0.347. The summed E-state index contributed by atoms with van der Waals surface area (Å²) in [5.41, 5.74) is 3.28. The van der Waals surface area contributed by atoms with Crippen molar-refractivity contribution >= 4 is 17.4 Å². The summed E-state index contributed by atoms with van der Waals surface area (Å²) in [6.45, 7) is 4.61. The number of carbonyl (C=O) groups excluding carboxylic acids is 1. The maximum Gasteiger partial charge on any atom is 0.319 e. The average Bonchev–Trinajstić information content (AvgIpc) is 2.94. The van der Waals surface area contributed by atoms with Gasteiger partial charge in [-0.3, -0.25) is 0 Å². The first-order valence-electron chi connectivity index (χ1n) is 7.74. The number of carbonyl (C=O) groups is 1. The Hall–Kier alpha value is -2.57. The average molecular weight is 315 g/mol. The molecule has 0 saturated heterocycles. The van der Waals surface area contributed by atoms with Crippen LogP contribution in [0.1, 0.15) is 36.7 Å². The molecular weight excluding hydrogens is 294 g/mol. The smallest absolute Gasteiger partial charge is 0.319 e. The molecule has 1 atom stereocenters. The van der Waals surface area contributed by atoms with E-state index in [0.717, 1.165) is 25.1 Å². The Kier molecular flexibility index (Phi) is 4.18. The molecule has 1 aromatic carbocycles. The molecule has 0 bridgehead atoms. The van der Waals surface area contributed by atoms with Crippen molar-refractivity contribution < 1.29 is 9.32 Å². The van der Waals surface area contributed by atoms with Crippen LogP contribution in [0, 0.1) is 6.92 Å². The molecule has 0 radical (unpaired) electrons. The van der Waals surface area contributed by atoms with Gasteiger partial charge in [-0.15, -0.1) is 0 Å². The maximum atomic E-state index is 12.1. The zero-order valence-corrected chi connectivity index (χ0v) is 13.6. The molecular formula is C16H21N5O2. The number of fused-ring (bicyclic) bond motifs is 1. The summed E-state index contributed by atoms with van der Waals surface area (Å²) < 4.78 is 5.05. The fraction of sp³-hybridized carbons (Fsp3) is 0.438. The number of anilines is 2. The highest BCUT2D eigenvalue weighted by atomic mass is 16.5. The summed E-state index contributed by atoms with van der Waals surface area (Å²) >= 11 is 0. The Morgan fingerprint density at radius 2 is 2.26 bits per heavy atom. The molecule has 122 valence electrons. The van der Waals surface area contributed by atoms with Crippen LogP contribution >= 0.6 is 0 Å². The van der Waals surface area contributed by atoms with Gasteiger partial charge in [0.2, 0.25) is 5.89 Å². The van der Waals surface area contributed by atoms with Crippen molar-refractivity contribution in [2.75, 3.05) is 23.8 Å². The number of aryl methyl sites for hydroxylation is 2. The van der Waals surface area contributed by atoms with Crippen LogP contribution in [0.15, 0.2) is 22.7 Å². The van der Waals surface area contributed by atoms with Gasteiger partial charge in [-0.2, -0.15) is 4.98 Å². The Balaban J connectivity index is 1.64. The van der Waals surface area contributed by atoms with Crippen molar-refractivity contribution in [1.29, 1.82) is 0 Å². The van der Waals surface area contributed by atoms with Gasteiger partial charge < -0.3 is 20.1 Å². The van der Waals surface area contributed by atoms with Crippen LogP contribution in [0.4, 0.5) is 16.2 Å². The van der Waals surface area contributed by atoms with E-state index in [1.54, 1.807) is 13.8 Å². The van der Waals surface area contributed by atoms with Gasteiger partial charge in [0.1, 0.15) is 6.04 Å². The van der Waals surface area contributed by atoms with E-state index in [0.29, 0.717) is 11.7 Å². The number of amides is 2. The van der Waals surface area contributed by atoms with Crippen molar-refractivity contribution in [3.8, 4) is 0 Å². The molecule has 3 rings (SSSR count). The molecule has 0 unspecified atom stereocenters. The molecule has 7 nitrogen and oxygen atoms in total. The summed E-state index contributed by atoms with van der Waals surface area (Å²) in [7, 11) is 2.09. The first-order chi connectivity index (χ1) is 11.0. The molecule has 2 heterocycles. The van der Waals surface area contributed by atoms with Crippen molar-refractivity contribution in [1.82, 2.24) is 15.5 Å². The Morgan fingerprint density at radius 1 is 1.43 bits per heavy atom. The monoisotopic (exact) mass is 315 g/mol. The minimum Gasteiger partial charge on any atom is -0.374 e. The summed E-state index contributed by atoms with van der Waals surface area (Å²) in [6.07, 6.45) is 2.17. The second-order valence-corrected chi connectivity index (χ2v) is 5.87. The number of aromatic nitrogens is 2. The second kappa shape index (κ2) is 6.28. The molecule has 2 aromatic rings. The summed E-state index contributed by atoms with van der Waals surface area (Å²) in [6, 6.07) is 5.36. The van der Waals surface area contributed by atoms with Gasteiger partial charge in [0.25, 0.3) is 0 Å². The predicted octanol–water partition coefficient (Wildman–Crippen LogP) is 2.64. The lowest BCUT2D eigenvalue weighted by Gasteiger charge is -2.27. The highest BCUT2D eigenvalue weighted by Gasteiger charge is 2.17. The minimum absolute atomic E-state index is 0.294. The number of urea groups is 1. The number of benzene rings is 1. The van der Waals surface area contributed by atoms with Crippen LogP contribution in [0.25, 0.3) is 0 Å². The topological polar surface area (TPSA) is 83.3 Å². The number of hydrogen-bond donors (Lipinski definition) is 2. The quantitative estimate of drug-likeness (QED) is 0.910. The largest absolute Gasteiger partial charge is 0.374 e. The zero-order chi connectivity index (χ0) is 16.4. The number of rotatable bonds is 3. The molecule has 0 fully saturated rings. The van der Waals surface area contributed by atoms with Gasteiger partial charge in [-0.05, 0) is 50.5 Å². The van der Waals surface area contributed by atoms with Crippen LogP contribution < -0.4 is 15.5 Å². The van der Waals surface area contributed by atoms with E-state index in [2.05, 4.69) is 38.8 Å². The van der Waals surface area contributed by atoms with Gasteiger partial charge in [0.15, 0.2) is 5.82 Å². The number of nitrogens with zero attached hydrogens (tertiary/aromatic N) is 3.